The molecule has 0 spiro atoms. The fraction of sp³-hybridized carbons (Fsp3) is 0.533. The topological polar surface area (TPSA) is 62.5 Å². The lowest BCUT2D eigenvalue weighted by molar-refractivity contribution is 0.0938. The monoisotopic (exact) mass is 287 g/mol. The molecule has 0 aliphatic carbocycles. The average Bonchev–Trinajstić information content (AvgIpc) is 3.17. The maximum absolute atomic E-state index is 12.3. The first kappa shape index (κ1) is 14.0. The van der Waals surface area contributed by atoms with Crippen molar-refractivity contribution >= 4 is 11.6 Å². The van der Waals surface area contributed by atoms with Crippen molar-refractivity contribution in [3.63, 3.8) is 0 Å². The molecule has 1 amide bonds. The van der Waals surface area contributed by atoms with Gasteiger partial charge in [-0.2, -0.15) is 5.10 Å². The van der Waals surface area contributed by atoms with Crippen molar-refractivity contribution < 1.29 is 4.79 Å². The quantitative estimate of drug-likeness (QED) is 0.901. The summed E-state index contributed by atoms with van der Waals surface area (Å²) in [4.78, 5) is 19.0. The molecule has 2 aromatic rings. The molecule has 2 aromatic heterocycles. The minimum absolute atomic E-state index is 0.0960. The van der Waals surface area contributed by atoms with E-state index in [0.29, 0.717) is 23.8 Å². The Morgan fingerprint density at radius 3 is 3.00 bits per heavy atom. The van der Waals surface area contributed by atoms with Crippen molar-refractivity contribution in [2.75, 3.05) is 19.6 Å². The lowest BCUT2D eigenvalue weighted by Crippen LogP contribution is -2.42. The van der Waals surface area contributed by atoms with Gasteiger partial charge in [0, 0.05) is 25.0 Å². The SMILES string of the molecule is CC[C@H](CNC(=O)c1cnn2cccnc12)N1CCCC1. The number of nitrogens with one attached hydrogen (secondary N) is 1. The number of hydrogen-bond acceptors (Lipinski definition) is 4. The van der Waals surface area contributed by atoms with Crippen molar-refractivity contribution in [1.82, 2.24) is 24.8 Å². The van der Waals surface area contributed by atoms with Crippen LogP contribution in [0.3, 0.4) is 0 Å². The third-order valence-electron chi connectivity index (χ3n) is 4.15. The van der Waals surface area contributed by atoms with Gasteiger partial charge in [0.2, 0.25) is 0 Å². The first-order valence-electron chi connectivity index (χ1n) is 7.60. The fourth-order valence-corrected chi connectivity index (χ4v) is 2.93. The highest BCUT2D eigenvalue weighted by molar-refractivity contribution is 5.99. The number of rotatable bonds is 5. The van der Waals surface area contributed by atoms with Crippen LogP contribution < -0.4 is 5.32 Å². The number of carbonyl (C=O) groups excluding carboxylic acids is 1. The third kappa shape index (κ3) is 2.90. The van der Waals surface area contributed by atoms with Crippen LogP contribution >= 0.6 is 0 Å². The molecule has 1 atom stereocenters. The molecule has 6 heteroatoms. The van der Waals surface area contributed by atoms with Gasteiger partial charge < -0.3 is 5.32 Å². The van der Waals surface area contributed by atoms with Crippen molar-refractivity contribution in [2.24, 2.45) is 0 Å². The summed E-state index contributed by atoms with van der Waals surface area (Å²) in [6.45, 7) is 5.14. The molecule has 3 rings (SSSR count). The normalized spacial score (nSPS) is 17.2. The lowest BCUT2D eigenvalue weighted by atomic mass is 10.2. The maximum atomic E-state index is 12.3. The van der Waals surface area contributed by atoms with Crippen LogP contribution in [0.1, 0.15) is 36.5 Å². The van der Waals surface area contributed by atoms with E-state index in [1.165, 1.54) is 12.8 Å². The number of fused-ring (bicyclic) bond motifs is 1. The van der Waals surface area contributed by atoms with E-state index in [2.05, 4.69) is 27.2 Å². The summed E-state index contributed by atoms with van der Waals surface area (Å²) in [6, 6.07) is 2.22. The average molecular weight is 287 g/mol. The Morgan fingerprint density at radius 1 is 1.43 bits per heavy atom. The van der Waals surface area contributed by atoms with Gasteiger partial charge in [-0.3, -0.25) is 9.69 Å². The highest BCUT2D eigenvalue weighted by atomic mass is 16.1. The molecule has 1 saturated heterocycles. The first-order chi connectivity index (χ1) is 10.3. The van der Waals surface area contributed by atoms with E-state index in [4.69, 9.17) is 0 Å². The molecule has 6 nitrogen and oxygen atoms in total. The summed E-state index contributed by atoms with van der Waals surface area (Å²) >= 11 is 0. The van der Waals surface area contributed by atoms with E-state index in [1.807, 2.05) is 0 Å². The van der Waals surface area contributed by atoms with E-state index in [-0.39, 0.29) is 5.91 Å². The van der Waals surface area contributed by atoms with E-state index in [1.54, 1.807) is 29.2 Å². The molecule has 1 aliphatic rings. The number of carbonyl (C=O) groups is 1. The molecule has 3 heterocycles. The van der Waals surface area contributed by atoms with E-state index in [0.717, 1.165) is 19.5 Å². The Balaban J connectivity index is 1.65. The number of nitrogens with zero attached hydrogens (tertiary/aromatic N) is 4. The van der Waals surface area contributed by atoms with Gasteiger partial charge >= 0.3 is 0 Å². The Hall–Kier alpha value is -1.95. The van der Waals surface area contributed by atoms with Gasteiger partial charge in [-0.15, -0.1) is 0 Å². The van der Waals surface area contributed by atoms with Crippen LogP contribution in [0.4, 0.5) is 0 Å². The van der Waals surface area contributed by atoms with Crippen LogP contribution in [-0.4, -0.2) is 51.1 Å². The van der Waals surface area contributed by atoms with E-state index < -0.39 is 0 Å². The largest absolute Gasteiger partial charge is 0.350 e. The van der Waals surface area contributed by atoms with E-state index >= 15 is 0 Å². The number of amides is 1. The maximum Gasteiger partial charge on any atom is 0.256 e. The highest BCUT2D eigenvalue weighted by Crippen LogP contribution is 2.14. The third-order valence-corrected chi connectivity index (χ3v) is 4.15. The zero-order valence-electron chi connectivity index (χ0n) is 12.3. The van der Waals surface area contributed by atoms with Crippen LogP contribution in [0.25, 0.3) is 5.65 Å². The predicted molar refractivity (Wildman–Crippen MR) is 80.2 cm³/mol. The fourth-order valence-electron chi connectivity index (χ4n) is 2.93. The number of aromatic nitrogens is 3. The predicted octanol–water partition coefficient (Wildman–Crippen LogP) is 1.33. The molecular weight excluding hydrogens is 266 g/mol. The Morgan fingerprint density at radius 2 is 2.24 bits per heavy atom. The molecular formula is C15H21N5O. The zero-order valence-corrected chi connectivity index (χ0v) is 12.3. The van der Waals surface area contributed by atoms with Crippen LogP contribution in [-0.2, 0) is 0 Å². The summed E-state index contributed by atoms with van der Waals surface area (Å²) in [5.74, 6) is -0.0960. The summed E-state index contributed by atoms with van der Waals surface area (Å²) < 4.78 is 1.62. The van der Waals surface area contributed by atoms with Crippen LogP contribution in [0, 0.1) is 0 Å². The highest BCUT2D eigenvalue weighted by Gasteiger charge is 2.21. The number of likely N-dealkylation sites (tertiary alicyclic amines) is 1. The molecule has 21 heavy (non-hydrogen) atoms. The minimum atomic E-state index is -0.0960. The molecule has 1 N–H and O–H groups in total. The summed E-state index contributed by atoms with van der Waals surface area (Å²) in [5.41, 5.74) is 1.14. The molecule has 112 valence electrons. The van der Waals surface area contributed by atoms with Crippen molar-refractivity contribution in [3.8, 4) is 0 Å². The molecule has 0 bridgehead atoms. The molecule has 1 fully saturated rings. The molecule has 0 aromatic carbocycles. The molecule has 0 unspecified atom stereocenters. The van der Waals surface area contributed by atoms with Gasteiger partial charge in [0.25, 0.3) is 5.91 Å². The van der Waals surface area contributed by atoms with Crippen molar-refractivity contribution in [3.05, 3.63) is 30.2 Å². The molecule has 0 radical (unpaired) electrons. The second kappa shape index (κ2) is 6.22. The summed E-state index contributed by atoms with van der Waals surface area (Å²) in [6.07, 6.45) is 8.62. The number of hydrogen-bond donors (Lipinski definition) is 1. The van der Waals surface area contributed by atoms with Gasteiger partial charge in [-0.1, -0.05) is 6.92 Å². The Bertz CT molecular complexity index is 617. The molecule has 0 saturated carbocycles. The second-order valence-corrected chi connectivity index (χ2v) is 5.46. The smallest absolute Gasteiger partial charge is 0.256 e. The van der Waals surface area contributed by atoms with Crippen molar-refractivity contribution in [1.29, 1.82) is 0 Å². The van der Waals surface area contributed by atoms with Gasteiger partial charge in [-0.25, -0.2) is 9.50 Å². The second-order valence-electron chi connectivity index (χ2n) is 5.46. The minimum Gasteiger partial charge on any atom is -0.350 e. The van der Waals surface area contributed by atoms with Crippen LogP contribution in [0.5, 0.6) is 0 Å². The first-order valence-corrected chi connectivity index (χ1v) is 7.60. The van der Waals surface area contributed by atoms with Gasteiger partial charge in [-0.05, 0) is 38.4 Å². The van der Waals surface area contributed by atoms with Crippen LogP contribution in [0.15, 0.2) is 24.7 Å². The zero-order chi connectivity index (χ0) is 14.7. The summed E-state index contributed by atoms with van der Waals surface area (Å²) in [7, 11) is 0. The van der Waals surface area contributed by atoms with Gasteiger partial charge in [0.15, 0.2) is 5.65 Å². The van der Waals surface area contributed by atoms with Gasteiger partial charge in [0.05, 0.1) is 6.20 Å². The van der Waals surface area contributed by atoms with Crippen molar-refractivity contribution in [2.45, 2.75) is 32.2 Å². The van der Waals surface area contributed by atoms with Gasteiger partial charge in [0.1, 0.15) is 5.56 Å². The Labute approximate surface area is 124 Å². The van der Waals surface area contributed by atoms with E-state index in [9.17, 15) is 4.79 Å². The summed E-state index contributed by atoms with van der Waals surface area (Å²) in [5, 5.41) is 7.18. The lowest BCUT2D eigenvalue weighted by Gasteiger charge is -2.26. The Kier molecular flexibility index (Phi) is 4.15. The van der Waals surface area contributed by atoms with Crippen LogP contribution in [0.2, 0.25) is 0 Å². The molecule has 1 aliphatic heterocycles. The standard InChI is InChI=1S/C15H21N5O/c1-2-12(19-7-3-4-8-19)10-17-15(21)13-11-18-20-9-5-6-16-14(13)20/h5-6,9,11-12H,2-4,7-8,10H2,1H3,(H,17,21)/t12-/m1/s1.